The van der Waals surface area contributed by atoms with Crippen LogP contribution in [0.25, 0.3) is 38.1 Å². The fourth-order valence-electron chi connectivity index (χ4n) is 5.70. The van der Waals surface area contributed by atoms with Crippen LogP contribution in [0, 0.1) is 0 Å². The Hall–Kier alpha value is -4.60. The average molecular weight is 543 g/mol. The van der Waals surface area contributed by atoms with Crippen molar-refractivity contribution >= 4 is 49.9 Å². The van der Waals surface area contributed by atoms with Gasteiger partial charge in [-0.25, -0.2) is 0 Å². The number of aromatic nitrogens is 2. The Morgan fingerprint density at radius 1 is 1.07 bits per heavy atom. The standard InChI is InChI=1S/C30H30N4O6/c1-17(29(36)32-12-5-15-33-14-4-6-24(33)35)40-18-7-9-22-21(16-18)19-11-13-31-26-20-8-10-23(38-2)28(39-3)25(20)30(37)34(22)27(19)26/h7-11,13,16-17H,4-6,12,14-15H2,1-3H3,(H,32,36)/t17-/m1/s1. The number of likely N-dealkylation sites (tertiary alicyclic amines) is 1. The summed E-state index contributed by atoms with van der Waals surface area (Å²) in [6.45, 7) is 3.60. The largest absolute Gasteiger partial charge is 0.493 e. The van der Waals surface area contributed by atoms with E-state index in [-0.39, 0.29) is 17.4 Å². The molecule has 1 fully saturated rings. The Morgan fingerprint density at radius 2 is 1.93 bits per heavy atom. The smallest absolute Gasteiger partial charge is 0.267 e. The molecule has 0 aliphatic carbocycles. The first-order chi connectivity index (χ1) is 19.4. The lowest BCUT2D eigenvalue weighted by molar-refractivity contribution is -0.127. The van der Waals surface area contributed by atoms with E-state index in [9.17, 15) is 14.4 Å². The van der Waals surface area contributed by atoms with E-state index in [0.29, 0.717) is 70.5 Å². The van der Waals surface area contributed by atoms with Crippen LogP contribution >= 0.6 is 0 Å². The van der Waals surface area contributed by atoms with Gasteiger partial charge in [0.2, 0.25) is 5.91 Å². The summed E-state index contributed by atoms with van der Waals surface area (Å²) in [5.41, 5.74) is 1.85. The number of carbonyl (C=O) groups excluding carboxylic acids is 2. The van der Waals surface area contributed by atoms with Crippen LogP contribution in [-0.2, 0) is 9.59 Å². The number of benzene rings is 2. The molecule has 1 aliphatic heterocycles. The number of methoxy groups -OCH3 is 2. The monoisotopic (exact) mass is 542 g/mol. The van der Waals surface area contributed by atoms with Gasteiger partial charge in [-0.3, -0.25) is 23.8 Å². The highest BCUT2D eigenvalue weighted by Gasteiger charge is 2.23. The summed E-state index contributed by atoms with van der Waals surface area (Å²) in [7, 11) is 3.05. The molecular formula is C30H30N4O6. The summed E-state index contributed by atoms with van der Waals surface area (Å²) in [6.07, 6.45) is 3.20. The quantitative estimate of drug-likeness (QED) is 0.224. The molecule has 10 nitrogen and oxygen atoms in total. The number of amides is 2. The molecule has 6 rings (SSSR count). The Kier molecular flexibility index (Phi) is 6.53. The molecule has 0 radical (unpaired) electrons. The van der Waals surface area contributed by atoms with Crippen LogP contribution in [0.5, 0.6) is 17.2 Å². The van der Waals surface area contributed by atoms with Crippen molar-refractivity contribution in [3.63, 3.8) is 0 Å². The summed E-state index contributed by atoms with van der Waals surface area (Å²) >= 11 is 0. The van der Waals surface area contributed by atoms with Crippen LogP contribution in [-0.4, -0.2) is 66.1 Å². The van der Waals surface area contributed by atoms with Crippen LogP contribution in [0.4, 0.5) is 0 Å². The van der Waals surface area contributed by atoms with Crippen molar-refractivity contribution in [3.8, 4) is 17.2 Å². The van der Waals surface area contributed by atoms with Crippen molar-refractivity contribution in [2.24, 2.45) is 0 Å². The molecule has 40 heavy (non-hydrogen) atoms. The van der Waals surface area contributed by atoms with Gasteiger partial charge in [-0.05, 0) is 56.2 Å². The number of ether oxygens (including phenoxy) is 3. The number of hydrogen-bond acceptors (Lipinski definition) is 7. The lowest BCUT2D eigenvalue weighted by Crippen LogP contribution is -2.38. The molecule has 206 valence electrons. The summed E-state index contributed by atoms with van der Waals surface area (Å²) in [5.74, 6) is 1.30. The Bertz CT molecular complexity index is 1830. The van der Waals surface area contributed by atoms with Crippen LogP contribution in [0.15, 0.2) is 47.4 Å². The molecule has 0 spiro atoms. The van der Waals surface area contributed by atoms with Crippen molar-refractivity contribution < 1.29 is 23.8 Å². The molecule has 10 heteroatoms. The van der Waals surface area contributed by atoms with Gasteiger partial charge in [0, 0.05) is 48.4 Å². The highest BCUT2D eigenvalue weighted by molar-refractivity contribution is 6.19. The van der Waals surface area contributed by atoms with E-state index in [2.05, 4.69) is 10.3 Å². The van der Waals surface area contributed by atoms with Gasteiger partial charge in [0.15, 0.2) is 17.6 Å². The fourth-order valence-corrected chi connectivity index (χ4v) is 5.70. The van der Waals surface area contributed by atoms with Gasteiger partial charge in [0.25, 0.3) is 11.5 Å². The lowest BCUT2D eigenvalue weighted by atomic mass is 10.1. The van der Waals surface area contributed by atoms with Crippen molar-refractivity contribution in [2.45, 2.75) is 32.3 Å². The van der Waals surface area contributed by atoms with Crippen molar-refractivity contribution in [1.82, 2.24) is 19.6 Å². The minimum absolute atomic E-state index is 0.183. The van der Waals surface area contributed by atoms with E-state index in [0.717, 1.165) is 23.7 Å². The number of carbonyl (C=O) groups is 2. The van der Waals surface area contributed by atoms with Crippen molar-refractivity contribution in [3.05, 3.63) is 52.9 Å². The Morgan fingerprint density at radius 3 is 2.67 bits per heavy atom. The molecule has 0 unspecified atom stereocenters. The van der Waals surface area contributed by atoms with Gasteiger partial charge in [-0.2, -0.15) is 0 Å². The molecule has 3 aromatic heterocycles. The molecule has 0 bridgehead atoms. The summed E-state index contributed by atoms with van der Waals surface area (Å²) in [4.78, 5) is 44.8. The summed E-state index contributed by atoms with van der Waals surface area (Å²) in [6, 6.07) is 10.9. The fraction of sp³-hybridized carbons (Fsp3) is 0.333. The van der Waals surface area contributed by atoms with E-state index in [1.54, 1.807) is 29.7 Å². The molecule has 4 heterocycles. The maximum atomic E-state index is 13.9. The summed E-state index contributed by atoms with van der Waals surface area (Å²) in [5, 5.41) is 5.63. The minimum Gasteiger partial charge on any atom is -0.493 e. The van der Waals surface area contributed by atoms with Crippen LogP contribution in [0.3, 0.4) is 0 Å². The van der Waals surface area contributed by atoms with E-state index < -0.39 is 6.10 Å². The third kappa shape index (κ3) is 4.11. The second-order valence-corrected chi connectivity index (χ2v) is 9.99. The highest BCUT2D eigenvalue weighted by atomic mass is 16.5. The highest BCUT2D eigenvalue weighted by Crippen LogP contribution is 2.39. The third-order valence-corrected chi connectivity index (χ3v) is 7.62. The van der Waals surface area contributed by atoms with E-state index in [1.807, 2.05) is 29.2 Å². The first-order valence-corrected chi connectivity index (χ1v) is 13.4. The number of hydrogen-bond donors (Lipinski definition) is 1. The number of rotatable bonds is 9. The number of nitrogens with zero attached hydrogens (tertiary/aromatic N) is 3. The zero-order valence-corrected chi connectivity index (χ0v) is 22.7. The van der Waals surface area contributed by atoms with Gasteiger partial charge in [0.1, 0.15) is 5.75 Å². The number of pyridine rings is 2. The van der Waals surface area contributed by atoms with Gasteiger partial charge < -0.3 is 24.4 Å². The number of fused-ring (bicyclic) bond motifs is 5. The lowest BCUT2D eigenvalue weighted by Gasteiger charge is -2.17. The normalized spacial score (nSPS) is 14.5. The molecule has 0 saturated carbocycles. The van der Waals surface area contributed by atoms with E-state index >= 15 is 0 Å². The van der Waals surface area contributed by atoms with Crippen LogP contribution < -0.4 is 25.1 Å². The molecular weight excluding hydrogens is 512 g/mol. The summed E-state index contributed by atoms with van der Waals surface area (Å²) < 4.78 is 18.7. The van der Waals surface area contributed by atoms with E-state index in [4.69, 9.17) is 14.2 Å². The Labute approximate surface area is 229 Å². The minimum atomic E-state index is -0.727. The topological polar surface area (TPSA) is 111 Å². The van der Waals surface area contributed by atoms with Crippen molar-refractivity contribution in [2.75, 3.05) is 33.9 Å². The maximum Gasteiger partial charge on any atom is 0.267 e. The predicted molar refractivity (Wildman–Crippen MR) is 152 cm³/mol. The van der Waals surface area contributed by atoms with Gasteiger partial charge >= 0.3 is 0 Å². The molecule has 1 N–H and O–H groups in total. The Balaban J connectivity index is 1.30. The second kappa shape index (κ2) is 10.2. The first kappa shape index (κ1) is 25.7. The zero-order valence-electron chi connectivity index (χ0n) is 22.7. The average Bonchev–Trinajstić information content (AvgIpc) is 3.53. The number of nitrogens with one attached hydrogen (secondary N) is 1. The first-order valence-electron chi connectivity index (χ1n) is 13.4. The molecule has 5 aromatic rings. The molecule has 1 atom stereocenters. The second-order valence-electron chi connectivity index (χ2n) is 9.99. The van der Waals surface area contributed by atoms with Gasteiger partial charge in [-0.1, -0.05) is 0 Å². The van der Waals surface area contributed by atoms with Gasteiger partial charge in [0.05, 0.1) is 36.2 Å². The zero-order chi connectivity index (χ0) is 28.0. The third-order valence-electron chi connectivity index (χ3n) is 7.62. The SMILES string of the molecule is COc1ccc2c(c1OC)c(=O)n1c3ccc(O[C@H](C)C(=O)NCCCN4CCCC4=O)cc3c3ccnc2c31. The predicted octanol–water partition coefficient (Wildman–Crippen LogP) is 3.51. The molecule has 1 saturated heterocycles. The van der Waals surface area contributed by atoms with E-state index in [1.165, 1.54) is 14.2 Å². The molecule has 2 aromatic carbocycles. The van der Waals surface area contributed by atoms with Crippen LogP contribution in [0.2, 0.25) is 0 Å². The molecule has 1 aliphatic rings. The van der Waals surface area contributed by atoms with Crippen LogP contribution in [0.1, 0.15) is 26.2 Å². The van der Waals surface area contributed by atoms with Gasteiger partial charge in [-0.15, -0.1) is 0 Å². The molecule has 2 amide bonds. The van der Waals surface area contributed by atoms with Crippen molar-refractivity contribution in [1.29, 1.82) is 0 Å². The maximum absolute atomic E-state index is 13.9.